The molecule has 64 valence electrons. The monoisotopic (exact) mass is 180 g/mol. The van der Waals surface area contributed by atoms with Gasteiger partial charge in [-0.1, -0.05) is 13.0 Å². The van der Waals surface area contributed by atoms with Gasteiger partial charge in [-0.25, -0.2) is 4.79 Å². The summed E-state index contributed by atoms with van der Waals surface area (Å²) in [6, 6.07) is 4.18. The van der Waals surface area contributed by atoms with Crippen LogP contribution in [0.2, 0.25) is 0 Å². The van der Waals surface area contributed by atoms with Gasteiger partial charge in [-0.15, -0.1) is 11.3 Å². The molecule has 2 heteroatoms. The van der Waals surface area contributed by atoms with Crippen molar-refractivity contribution in [3.63, 3.8) is 0 Å². The first-order valence-corrected chi connectivity index (χ1v) is 4.94. The van der Waals surface area contributed by atoms with Gasteiger partial charge in [0.05, 0.1) is 0 Å². The second-order valence-corrected chi connectivity index (χ2v) is 3.91. The molecular formula is C10H12OS. The molecule has 0 aliphatic heterocycles. The van der Waals surface area contributed by atoms with E-state index in [1.165, 1.54) is 4.88 Å². The number of rotatable bonds is 4. The van der Waals surface area contributed by atoms with Gasteiger partial charge in [0.1, 0.15) is 5.94 Å². The Morgan fingerprint density at radius 1 is 1.75 bits per heavy atom. The van der Waals surface area contributed by atoms with E-state index in [4.69, 9.17) is 0 Å². The first-order chi connectivity index (χ1) is 5.83. The highest BCUT2D eigenvalue weighted by atomic mass is 32.1. The number of aryl methyl sites for hydroxylation is 1. The van der Waals surface area contributed by atoms with Crippen LogP contribution in [0.15, 0.2) is 23.6 Å². The van der Waals surface area contributed by atoms with E-state index >= 15 is 0 Å². The number of carbonyl (C=O) groups excluding carboxylic acids is 1. The van der Waals surface area contributed by atoms with Crippen molar-refractivity contribution in [3.05, 3.63) is 28.5 Å². The lowest BCUT2D eigenvalue weighted by Gasteiger charge is -2.01. The minimum absolute atomic E-state index is 0.351. The molecule has 0 saturated carbocycles. The zero-order valence-electron chi connectivity index (χ0n) is 7.12. The molecule has 1 aromatic rings. The lowest BCUT2D eigenvalue weighted by molar-refractivity contribution is 0.563. The molecule has 0 saturated heterocycles. The molecule has 0 amide bonds. The summed E-state index contributed by atoms with van der Waals surface area (Å²) in [5.41, 5.74) is 0. The smallest absolute Gasteiger partial charge is 0.120 e. The number of hydrogen-bond donors (Lipinski definition) is 0. The molecule has 0 aliphatic carbocycles. The Morgan fingerprint density at radius 2 is 2.58 bits per heavy atom. The molecule has 0 aliphatic rings. The standard InChI is InChI=1S/C10H12OS/c1-9(6-7-11)4-5-10-3-2-8-12-10/h2-3,6,8-9H,4-5H2,1H3. The minimum atomic E-state index is 0.351. The summed E-state index contributed by atoms with van der Waals surface area (Å²) < 4.78 is 0. The lowest BCUT2D eigenvalue weighted by atomic mass is 10.1. The first kappa shape index (κ1) is 9.24. The number of hydrogen-bond acceptors (Lipinski definition) is 2. The van der Waals surface area contributed by atoms with E-state index in [1.807, 2.05) is 12.9 Å². The van der Waals surface area contributed by atoms with Crippen molar-refractivity contribution in [1.82, 2.24) is 0 Å². The van der Waals surface area contributed by atoms with Crippen LogP contribution in [-0.2, 0) is 11.2 Å². The average Bonchev–Trinajstić information content (AvgIpc) is 2.53. The Kier molecular flexibility index (Phi) is 3.78. The maximum atomic E-state index is 10.00. The lowest BCUT2D eigenvalue weighted by Crippen LogP contribution is -1.91. The van der Waals surface area contributed by atoms with Gasteiger partial charge in [0, 0.05) is 11.0 Å². The Balaban J connectivity index is 2.31. The van der Waals surface area contributed by atoms with Crippen LogP contribution in [0.25, 0.3) is 0 Å². The molecule has 1 atom stereocenters. The summed E-state index contributed by atoms with van der Waals surface area (Å²) in [4.78, 5) is 11.4. The molecule has 0 N–H and O–H groups in total. The van der Waals surface area contributed by atoms with E-state index in [2.05, 4.69) is 17.5 Å². The van der Waals surface area contributed by atoms with Crippen molar-refractivity contribution in [1.29, 1.82) is 0 Å². The summed E-state index contributed by atoms with van der Waals surface area (Å²) in [5.74, 6) is 2.18. The van der Waals surface area contributed by atoms with E-state index in [-0.39, 0.29) is 0 Å². The van der Waals surface area contributed by atoms with Crippen molar-refractivity contribution in [2.75, 3.05) is 0 Å². The third-order valence-corrected chi connectivity index (χ3v) is 2.71. The van der Waals surface area contributed by atoms with Crippen LogP contribution >= 0.6 is 11.3 Å². The molecule has 1 unspecified atom stereocenters. The average molecular weight is 180 g/mol. The second kappa shape index (κ2) is 4.91. The van der Waals surface area contributed by atoms with Crippen molar-refractivity contribution in [2.45, 2.75) is 19.8 Å². The molecule has 1 rings (SSSR count). The predicted molar refractivity (Wildman–Crippen MR) is 52.1 cm³/mol. The van der Waals surface area contributed by atoms with Crippen LogP contribution in [-0.4, -0.2) is 5.94 Å². The molecule has 0 radical (unpaired) electrons. The van der Waals surface area contributed by atoms with E-state index in [0.717, 1.165) is 12.8 Å². The summed E-state index contributed by atoms with van der Waals surface area (Å²) in [5, 5.41) is 2.08. The van der Waals surface area contributed by atoms with Gasteiger partial charge in [-0.3, -0.25) is 0 Å². The van der Waals surface area contributed by atoms with Crippen LogP contribution in [0.1, 0.15) is 18.2 Å². The molecule has 0 bridgehead atoms. The van der Waals surface area contributed by atoms with Gasteiger partial charge in [0.15, 0.2) is 0 Å². The fourth-order valence-corrected chi connectivity index (χ4v) is 1.75. The predicted octanol–water partition coefficient (Wildman–Crippen LogP) is 2.70. The van der Waals surface area contributed by atoms with Crippen molar-refractivity contribution < 1.29 is 4.79 Å². The SMILES string of the molecule is CC(C=C=O)CCc1cccs1. The number of allylic oxidation sites excluding steroid dienone is 1. The van der Waals surface area contributed by atoms with Crippen molar-refractivity contribution >= 4 is 17.3 Å². The maximum absolute atomic E-state index is 10.00. The fraction of sp³-hybridized carbons (Fsp3) is 0.400. The topological polar surface area (TPSA) is 17.1 Å². The molecule has 1 aromatic heterocycles. The Hall–Kier alpha value is -0.850. The summed E-state index contributed by atoms with van der Waals surface area (Å²) in [7, 11) is 0. The Bertz CT molecular complexity index is 257. The molecule has 12 heavy (non-hydrogen) atoms. The molecular weight excluding hydrogens is 168 g/mol. The zero-order valence-corrected chi connectivity index (χ0v) is 7.93. The van der Waals surface area contributed by atoms with Crippen LogP contribution in [0.3, 0.4) is 0 Å². The van der Waals surface area contributed by atoms with E-state index in [9.17, 15) is 4.79 Å². The Labute approximate surface area is 76.7 Å². The molecule has 1 heterocycles. The zero-order chi connectivity index (χ0) is 8.81. The minimum Gasteiger partial charge on any atom is -0.234 e. The highest BCUT2D eigenvalue weighted by Gasteiger charge is 1.99. The van der Waals surface area contributed by atoms with Crippen molar-refractivity contribution in [2.24, 2.45) is 5.92 Å². The highest BCUT2D eigenvalue weighted by Crippen LogP contribution is 2.14. The quantitative estimate of drug-likeness (QED) is 0.651. The molecule has 0 spiro atoms. The summed E-state index contributed by atoms with van der Waals surface area (Å²) in [6.45, 7) is 2.04. The van der Waals surface area contributed by atoms with Gasteiger partial charge >= 0.3 is 0 Å². The largest absolute Gasteiger partial charge is 0.234 e. The van der Waals surface area contributed by atoms with Gasteiger partial charge in [-0.05, 0) is 30.2 Å². The molecule has 0 aromatic carbocycles. The van der Waals surface area contributed by atoms with E-state index in [0.29, 0.717) is 5.92 Å². The van der Waals surface area contributed by atoms with E-state index in [1.54, 1.807) is 17.4 Å². The van der Waals surface area contributed by atoms with Gasteiger partial charge in [0.2, 0.25) is 0 Å². The van der Waals surface area contributed by atoms with Crippen LogP contribution in [0, 0.1) is 5.92 Å². The van der Waals surface area contributed by atoms with Crippen molar-refractivity contribution in [3.8, 4) is 0 Å². The summed E-state index contributed by atoms with van der Waals surface area (Å²) >= 11 is 1.77. The third-order valence-electron chi connectivity index (χ3n) is 1.78. The van der Waals surface area contributed by atoms with Crippen LogP contribution in [0.5, 0.6) is 0 Å². The first-order valence-electron chi connectivity index (χ1n) is 4.06. The Morgan fingerprint density at radius 3 is 3.17 bits per heavy atom. The highest BCUT2D eigenvalue weighted by molar-refractivity contribution is 7.09. The summed E-state index contributed by atoms with van der Waals surface area (Å²) in [6.07, 6.45) is 3.69. The van der Waals surface area contributed by atoms with Gasteiger partial charge in [-0.2, -0.15) is 0 Å². The molecule has 0 fully saturated rings. The molecule has 1 nitrogen and oxygen atoms in total. The normalized spacial score (nSPS) is 12.1. The maximum Gasteiger partial charge on any atom is 0.120 e. The van der Waals surface area contributed by atoms with Gasteiger partial charge < -0.3 is 0 Å². The van der Waals surface area contributed by atoms with Gasteiger partial charge in [0.25, 0.3) is 0 Å². The third kappa shape index (κ3) is 3.04. The van der Waals surface area contributed by atoms with Crippen LogP contribution in [0.4, 0.5) is 0 Å². The van der Waals surface area contributed by atoms with Crippen LogP contribution < -0.4 is 0 Å². The fourth-order valence-electron chi connectivity index (χ4n) is 1.02. The second-order valence-electron chi connectivity index (χ2n) is 2.88. The number of thiophene rings is 1. The van der Waals surface area contributed by atoms with E-state index < -0.39 is 0 Å².